The van der Waals surface area contributed by atoms with Crippen molar-refractivity contribution in [3.05, 3.63) is 11.8 Å². The molecule has 0 aliphatic carbocycles. The van der Waals surface area contributed by atoms with Crippen LogP contribution in [0.25, 0.3) is 0 Å². The van der Waals surface area contributed by atoms with Gasteiger partial charge in [0.05, 0.1) is 13.2 Å². The fourth-order valence-corrected chi connectivity index (χ4v) is 2.03. The van der Waals surface area contributed by atoms with Crippen LogP contribution in [0.1, 0.15) is 26.5 Å². The maximum absolute atomic E-state index is 12.0. The monoisotopic (exact) mass is 302 g/mol. The van der Waals surface area contributed by atoms with Gasteiger partial charge in [-0.3, -0.25) is 9.89 Å². The summed E-state index contributed by atoms with van der Waals surface area (Å²) >= 11 is 0. The van der Waals surface area contributed by atoms with Crippen molar-refractivity contribution in [1.82, 2.24) is 15.5 Å². The average Bonchev–Trinajstić information content (AvgIpc) is 2.75. The van der Waals surface area contributed by atoms with Crippen LogP contribution in [0.4, 0.5) is 5.82 Å². The second-order valence-corrected chi connectivity index (χ2v) is 6.09. The number of amides is 1. The Balaban J connectivity index is 0.00000200. The van der Waals surface area contributed by atoms with E-state index >= 15 is 0 Å². The van der Waals surface area contributed by atoms with Gasteiger partial charge in [0, 0.05) is 18.3 Å². The van der Waals surface area contributed by atoms with Crippen molar-refractivity contribution in [3.63, 3.8) is 0 Å². The number of nitrogens with one attached hydrogen (secondary N) is 3. The van der Waals surface area contributed by atoms with Crippen molar-refractivity contribution >= 4 is 24.1 Å². The van der Waals surface area contributed by atoms with Crippen LogP contribution < -0.4 is 10.6 Å². The van der Waals surface area contributed by atoms with Gasteiger partial charge in [-0.1, -0.05) is 20.8 Å². The molecule has 0 aromatic carbocycles. The molecule has 1 saturated heterocycles. The molecule has 2 heterocycles. The van der Waals surface area contributed by atoms with E-state index in [4.69, 9.17) is 4.74 Å². The molecule has 2 rings (SSSR count). The van der Waals surface area contributed by atoms with Gasteiger partial charge >= 0.3 is 0 Å². The van der Waals surface area contributed by atoms with Crippen LogP contribution in [0.5, 0.6) is 0 Å². The largest absolute Gasteiger partial charge is 0.378 e. The molecule has 20 heavy (non-hydrogen) atoms. The molecule has 0 saturated carbocycles. The molecular weight excluding hydrogens is 280 g/mol. The van der Waals surface area contributed by atoms with E-state index in [0.717, 1.165) is 12.1 Å². The zero-order valence-electron chi connectivity index (χ0n) is 12.2. The molecule has 7 heteroatoms. The number of H-pyrrole nitrogens is 1. The lowest BCUT2D eigenvalue weighted by Gasteiger charge is -2.22. The number of nitrogens with zero attached hydrogens (tertiary/aromatic N) is 1. The van der Waals surface area contributed by atoms with Gasteiger partial charge in [0.15, 0.2) is 5.82 Å². The lowest BCUT2D eigenvalue weighted by atomic mass is 9.91. The number of morpholine rings is 1. The molecule has 114 valence electrons. The number of anilines is 1. The highest BCUT2D eigenvalue weighted by Gasteiger charge is 2.22. The predicted octanol–water partition coefficient (Wildman–Crippen LogP) is 1.35. The second kappa shape index (κ2) is 7.06. The molecule has 1 aliphatic rings. The third-order valence-electron chi connectivity index (χ3n) is 2.84. The number of aromatic nitrogens is 2. The Morgan fingerprint density at radius 1 is 1.55 bits per heavy atom. The number of carbonyl (C=O) groups is 1. The van der Waals surface area contributed by atoms with E-state index in [-0.39, 0.29) is 29.8 Å². The fourth-order valence-electron chi connectivity index (χ4n) is 2.03. The second-order valence-electron chi connectivity index (χ2n) is 6.09. The van der Waals surface area contributed by atoms with Crippen LogP contribution >= 0.6 is 12.4 Å². The third kappa shape index (κ3) is 5.11. The van der Waals surface area contributed by atoms with Crippen LogP contribution in [0.2, 0.25) is 0 Å². The number of ether oxygens (including phenoxy) is 1. The highest BCUT2D eigenvalue weighted by molar-refractivity contribution is 5.94. The molecule has 1 atom stereocenters. The van der Waals surface area contributed by atoms with Crippen molar-refractivity contribution < 1.29 is 9.53 Å². The summed E-state index contributed by atoms with van der Waals surface area (Å²) < 4.78 is 5.26. The standard InChI is InChI=1S/C13H22N4O2.ClH/c1-13(2,3)7-9-6-11(17-16-9)15-12(18)10-8-19-5-4-14-10;/h6,10,14H,4-5,7-8H2,1-3H3,(H2,15,16,17,18);1H. The zero-order valence-corrected chi connectivity index (χ0v) is 13.0. The van der Waals surface area contributed by atoms with Crippen molar-refractivity contribution in [2.75, 3.05) is 25.1 Å². The lowest BCUT2D eigenvalue weighted by molar-refractivity contribution is -0.120. The quantitative estimate of drug-likeness (QED) is 0.787. The topological polar surface area (TPSA) is 79.0 Å². The number of hydrogen-bond donors (Lipinski definition) is 3. The Morgan fingerprint density at radius 3 is 2.90 bits per heavy atom. The Morgan fingerprint density at radius 2 is 2.30 bits per heavy atom. The third-order valence-corrected chi connectivity index (χ3v) is 2.84. The highest BCUT2D eigenvalue weighted by Crippen LogP contribution is 2.20. The van der Waals surface area contributed by atoms with Crippen molar-refractivity contribution in [1.29, 1.82) is 0 Å². The maximum atomic E-state index is 12.0. The number of aromatic amines is 1. The van der Waals surface area contributed by atoms with Gasteiger partial charge in [0.1, 0.15) is 6.04 Å². The van der Waals surface area contributed by atoms with Crippen LogP contribution in [0, 0.1) is 5.41 Å². The van der Waals surface area contributed by atoms with Gasteiger partial charge in [0.2, 0.25) is 5.91 Å². The van der Waals surface area contributed by atoms with Gasteiger partial charge < -0.3 is 15.4 Å². The zero-order chi connectivity index (χ0) is 13.9. The first-order valence-electron chi connectivity index (χ1n) is 6.60. The Hall–Kier alpha value is -1.11. The van der Waals surface area contributed by atoms with Crippen molar-refractivity contribution in [3.8, 4) is 0 Å². The van der Waals surface area contributed by atoms with Gasteiger partial charge in [-0.05, 0) is 11.8 Å². The number of rotatable bonds is 3. The molecule has 1 unspecified atom stereocenters. The molecule has 0 bridgehead atoms. The summed E-state index contributed by atoms with van der Waals surface area (Å²) in [5, 5.41) is 13.0. The molecule has 1 aromatic rings. The fraction of sp³-hybridized carbons (Fsp3) is 0.692. The van der Waals surface area contributed by atoms with Gasteiger partial charge in [0.25, 0.3) is 0 Å². The van der Waals surface area contributed by atoms with Crippen LogP contribution in [0.15, 0.2) is 6.07 Å². The Kier molecular flexibility index (Phi) is 5.98. The maximum Gasteiger partial charge on any atom is 0.245 e. The lowest BCUT2D eigenvalue weighted by Crippen LogP contribution is -2.48. The smallest absolute Gasteiger partial charge is 0.245 e. The summed E-state index contributed by atoms with van der Waals surface area (Å²) in [5.74, 6) is 0.463. The molecule has 0 spiro atoms. The van der Waals surface area contributed by atoms with Gasteiger partial charge in [-0.15, -0.1) is 12.4 Å². The first kappa shape index (κ1) is 16.9. The SMILES string of the molecule is CC(C)(C)Cc1cc(NC(=O)C2COCCN2)n[nH]1.Cl. The molecule has 6 nitrogen and oxygen atoms in total. The number of carbonyl (C=O) groups excluding carboxylic acids is 1. The van der Waals surface area contributed by atoms with E-state index < -0.39 is 0 Å². The number of halogens is 1. The summed E-state index contributed by atoms with van der Waals surface area (Å²) in [6, 6.07) is 1.59. The molecule has 1 fully saturated rings. The predicted molar refractivity (Wildman–Crippen MR) is 80.2 cm³/mol. The van der Waals surface area contributed by atoms with E-state index in [9.17, 15) is 4.79 Å². The minimum Gasteiger partial charge on any atom is -0.378 e. The van der Waals surface area contributed by atoms with E-state index in [1.165, 1.54) is 0 Å². The minimum absolute atomic E-state index is 0. The summed E-state index contributed by atoms with van der Waals surface area (Å²) in [6.45, 7) is 8.25. The molecule has 1 amide bonds. The highest BCUT2D eigenvalue weighted by atomic mass is 35.5. The van der Waals surface area contributed by atoms with Gasteiger partial charge in [-0.2, -0.15) is 5.10 Å². The Labute approximate surface area is 125 Å². The minimum atomic E-state index is -0.295. The molecular formula is C13H23ClN4O2. The van der Waals surface area contributed by atoms with Crippen molar-refractivity contribution in [2.45, 2.75) is 33.2 Å². The normalized spacial score (nSPS) is 19.2. The first-order chi connectivity index (χ1) is 8.94. The summed E-state index contributed by atoms with van der Waals surface area (Å²) in [7, 11) is 0. The van der Waals surface area contributed by atoms with E-state index in [2.05, 4.69) is 41.6 Å². The van der Waals surface area contributed by atoms with E-state index in [1.54, 1.807) is 0 Å². The molecule has 0 radical (unpaired) electrons. The summed E-state index contributed by atoms with van der Waals surface area (Å²) in [4.78, 5) is 12.0. The molecule has 3 N–H and O–H groups in total. The molecule has 1 aliphatic heterocycles. The summed E-state index contributed by atoms with van der Waals surface area (Å²) in [5.41, 5.74) is 1.21. The van der Waals surface area contributed by atoms with E-state index in [1.807, 2.05) is 6.07 Å². The van der Waals surface area contributed by atoms with Crippen LogP contribution in [-0.2, 0) is 16.0 Å². The first-order valence-corrected chi connectivity index (χ1v) is 6.60. The van der Waals surface area contributed by atoms with E-state index in [0.29, 0.717) is 25.6 Å². The average molecular weight is 303 g/mol. The van der Waals surface area contributed by atoms with Crippen LogP contribution in [-0.4, -0.2) is 41.9 Å². The number of hydrogen-bond acceptors (Lipinski definition) is 4. The molecule has 1 aromatic heterocycles. The van der Waals surface area contributed by atoms with Crippen molar-refractivity contribution in [2.24, 2.45) is 5.41 Å². The van der Waals surface area contributed by atoms with Gasteiger partial charge in [-0.25, -0.2) is 0 Å². The summed E-state index contributed by atoms with van der Waals surface area (Å²) in [6.07, 6.45) is 0.890. The Bertz CT molecular complexity index is 436. The van der Waals surface area contributed by atoms with Crippen LogP contribution in [0.3, 0.4) is 0 Å².